The summed E-state index contributed by atoms with van der Waals surface area (Å²) in [5, 5.41) is 0. The quantitative estimate of drug-likeness (QED) is 0.780. The minimum atomic E-state index is 0.696. The standard InChI is InChI=1S/C10H9BrN2S/c11-10-4-3-9(14-10)7-2-1-6(12)5-8(7)13/h1-5H,12-13H2. The smallest absolute Gasteiger partial charge is 0.0705 e. The molecule has 2 rings (SSSR count). The Morgan fingerprint density at radius 2 is 1.86 bits per heavy atom. The second-order valence-corrected chi connectivity index (χ2v) is 5.41. The molecule has 0 amide bonds. The van der Waals surface area contributed by atoms with Crippen molar-refractivity contribution in [3.63, 3.8) is 0 Å². The third-order valence-corrected chi connectivity index (χ3v) is 3.57. The molecule has 72 valence electrons. The minimum Gasteiger partial charge on any atom is -0.399 e. The van der Waals surface area contributed by atoms with Crippen LogP contribution in [0, 0.1) is 0 Å². The van der Waals surface area contributed by atoms with Gasteiger partial charge in [0.05, 0.1) is 3.79 Å². The topological polar surface area (TPSA) is 52.0 Å². The van der Waals surface area contributed by atoms with E-state index in [0.717, 1.165) is 19.9 Å². The Balaban J connectivity index is 2.52. The van der Waals surface area contributed by atoms with Crippen molar-refractivity contribution < 1.29 is 0 Å². The average Bonchev–Trinajstić information content (AvgIpc) is 2.51. The molecule has 1 aromatic carbocycles. The summed E-state index contributed by atoms with van der Waals surface area (Å²) in [6, 6.07) is 9.64. The van der Waals surface area contributed by atoms with E-state index in [1.54, 1.807) is 17.4 Å². The molecule has 0 unspecified atom stereocenters. The molecule has 2 nitrogen and oxygen atoms in total. The fourth-order valence-electron chi connectivity index (χ4n) is 1.26. The maximum absolute atomic E-state index is 5.87. The number of halogens is 1. The highest BCUT2D eigenvalue weighted by molar-refractivity contribution is 9.11. The predicted octanol–water partition coefficient (Wildman–Crippen LogP) is 3.34. The van der Waals surface area contributed by atoms with Crippen LogP contribution in [0.15, 0.2) is 34.1 Å². The van der Waals surface area contributed by atoms with Gasteiger partial charge in [-0.15, -0.1) is 11.3 Å². The average molecular weight is 269 g/mol. The van der Waals surface area contributed by atoms with Crippen LogP contribution in [0.4, 0.5) is 11.4 Å². The van der Waals surface area contributed by atoms with Crippen LogP contribution >= 0.6 is 27.3 Å². The first-order valence-electron chi connectivity index (χ1n) is 4.07. The van der Waals surface area contributed by atoms with E-state index in [1.807, 2.05) is 24.3 Å². The Bertz CT molecular complexity index is 465. The van der Waals surface area contributed by atoms with E-state index in [1.165, 1.54) is 0 Å². The summed E-state index contributed by atoms with van der Waals surface area (Å²) in [7, 11) is 0. The normalized spacial score (nSPS) is 10.4. The molecule has 2 aromatic rings. The van der Waals surface area contributed by atoms with Gasteiger partial charge in [-0.2, -0.15) is 0 Å². The van der Waals surface area contributed by atoms with Crippen molar-refractivity contribution >= 4 is 38.6 Å². The van der Waals surface area contributed by atoms with Crippen LogP contribution < -0.4 is 11.5 Å². The van der Waals surface area contributed by atoms with Crippen molar-refractivity contribution in [1.82, 2.24) is 0 Å². The molecule has 0 bridgehead atoms. The van der Waals surface area contributed by atoms with Crippen LogP contribution in [0.2, 0.25) is 0 Å². The fourth-order valence-corrected chi connectivity index (χ4v) is 2.70. The molecule has 0 spiro atoms. The largest absolute Gasteiger partial charge is 0.399 e. The van der Waals surface area contributed by atoms with Crippen molar-refractivity contribution in [2.75, 3.05) is 11.5 Å². The monoisotopic (exact) mass is 268 g/mol. The van der Waals surface area contributed by atoms with E-state index < -0.39 is 0 Å². The summed E-state index contributed by atoms with van der Waals surface area (Å²) in [5.41, 5.74) is 14.0. The molecule has 0 saturated carbocycles. The lowest BCUT2D eigenvalue weighted by Gasteiger charge is -2.03. The van der Waals surface area contributed by atoms with Crippen LogP contribution in [0.3, 0.4) is 0 Å². The Morgan fingerprint density at radius 1 is 1.07 bits per heavy atom. The zero-order valence-corrected chi connectivity index (χ0v) is 9.73. The van der Waals surface area contributed by atoms with Gasteiger partial charge in [0.1, 0.15) is 0 Å². The van der Waals surface area contributed by atoms with Gasteiger partial charge >= 0.3 is 0 Å². The number of benzene rings is 1. The van der Waals surface area contributed by atoms with Gasteiger partial charge in [-0.05, 0) is 46.3 Å². The highest BCUT2D eigenvalue weighted by atomic mass is 79.9. The molecular weight excluding hydrogens is 260 g/mol. The van der Waals surface area contributed by atoms with Crippen molar-refractivity contribution in [2.45, 2.75) is 0 Å². The van der Waals surface area contributed by atoms with E-state index in [4.69, 9.17) is 11.5 Å². The molecule has 0 fully saturated rings. The molecule has 0 radical (unpaired) electrons. The van der Waals surface area contributed by atoms with Crippen LogP contribution in [0.25, 0.3) is 10.4 Å². The zero-order valence-electron chi connectivity index (χ0n) is 7.33. The van der Waals surface area contributed by atoms with E-state index in [9.17, 15) is 0 Å². The lowest BCUT2D eigenvalue weighted by Crippen LogP contribution is -1.91. The van der Waals surface area contributed by atoms with Gasteiger partial charge < -0.3 is 11.5 Å². The summed E-state index contributed by atoms with van der Waals surface area (Å²) in [4.78, 5) is 1.15. The number of nitrogens with two attached hydrogens (primary N) is 2. The first-order chi connectivity index (χ1) is 6.66. The first-order valence-corrected chi connectivity index (χ1v) is 5.68. The third-order valence-electron chi connectivity index (χ3n) is 1.91. The Morgan fingerprint density at radius 3 is 2.43 bits per heavy atom. The lowest BCUT2D eigenvalue weighted by molar-refractivity contribution is 1.66. The molecule has 0 aliphatic rings. The number of thiophene rings is 1. The number of hydrogen-bond acceptors (Lipinski definition) is 3. The van der Waals surface area contributed by atoms with Crippen molar-refractivity contribution in [3.05, 3.63) is 34.1 Å². The van der Waals surface area contributed by atoms with Crippen LogP contribution in [0.1, 0.15) is 0 Å². The van der Waals surface area contributed by atoms with Gasteiger partial charge in [0.2, 0.25) is 0 Å². The van der Waals surface area contributed by atoms with Crippen molar-refractivity contribution in [1.29, 1.82) is 0 Å². The highest BCUT2D eigenvalue weighted by Crippen LogP contribution is 2.35. The summed E-state index contributed by atoms with van der Waals surface area (Å²) in [5.74, 6) is 0. The van der Waals surface area contributed by atoms with Crippen LogP contribution in [0.5, 0.6) is 0 Å². The lowest BCUT2D eigenvalue weighted by atomic mass is 10.1. The molecule has 0 atom stereocenters. The second kappa shape index (κ2) is 3.63. The molecular formula is C10H9BrN2S. The molecule has 14 heavy (non-hydrogen) atoms. The fraction of sp³-hybridized carbons (Fsp3) is 0. The maximum atomic E-state index is 5.87. The third kappa shape index (κ3) is 1.76. The highest BCUT2D eigenvalue weighted by Gasteiger charge is 2.04. The number of hydrogen-bond donors (Lipinski definition) is 2. The molecule has 1 aromatic heterocycles. The van der Waals surface area contributed by atoms with E-state index in [2.05, 4.69) is 15.9 Å². The molecule has 0 saturated heterocycles. The van der Waals surface area contributed by atoms with Crippen molar-refractivity contribution in [2.24, 2.45) is 0 Å². The number of anilines is 2. The van der Waals surface area contributed by atoms with Gasteiger partial charge in [0.15, 0.2) is 0 Å². The molecule has 0 aliphatic heterocycles. The van der Waals surface area contributed by atoms with Gasteiger partial charge in [-0.25, -0.2) is 0 Å². The van der Waals surface area contributed by atoms with Gasteiger partial charge in [-0.3, -0.25) is 0 Å². The molecule has 4 heteroatoms. The number of nitrogen functional groups attached to an aromatic ring is 2. The first kappa shape index (κ1) is 9.55. The zero-order chi connectivity index (χ0) is 10.1. The van der Waals surface area contributed by atoms with Gasteiger partial charge in [-0.1, -0.05) is 0 Å². The maximum Gasteiger partial charge on any atom is 0.0705 e. The predicted molar refractivity (Wildman–Crippen MR) is 66.3 cm³/mol. The van der Waals surface area contributed by atoms with E-state index in [0.29, 0.717) is 5.69 Å². The summed E-state index contributed by atoms with van der Waals surface area (Å²) in [6.45, 7) is 0. The summed E-state index contributed by atoms with van der Waals surface area (Å²) in [6.07, 6.45) is 0. The Kier molecular flexibility index (Phi) is 2.48. The molecule has 0 aliphatic carbocycles. The second-order valence-electron chi connectivity index (χ2n) is 2.95. The summed E-state index contributed by atoms with van der Waals surface area (Å²) >= 11 is 5.08. The molecule has 4 N–H and O–H groups in total. The van der Waals surface area contributed by atoms with Crippen LogP contribution in [-0.4, -0.2) is 0 Å². The summed E-state index contributed by atoms with van der Waals surface area (Å²) < 4.78 is 1.10. The van der Waals surface area contributed by atoms with Crippen LogP contribution in [-0.2, 0) is 0 Å². The van der Waals surface area contributed by atoms with Gasteiger partial charge in [0.25, 0.3) is 0 Å². The Hall–Kier alpha value is -1.00. The van der Waals surface area contributed by atoms with E-state index in [-0.39, 0.29) is 0 Å². The molecule has 1 heterocycles. The van der Waals surface area contributed by atoms with E-state index >= 15 is 0 Å². The van der Waals surface area contributed by atoms with Gasteiger partial charge in [0, 0.05) is 21.8 Å². The number of rotatable bonds is 1. The minimum absolute atomic E-state index is 0.696. The SMILES string of the molecule is Nc1ccc(-c2ccc(Br)s2)c(N)c1. The van der Waals surface area contributed by atoms with Crippen molar-refractivity contribution in [3.8, 4) is 10.4 Å². The Labute approximate surface area is 94.7 Å².